The standard InChI is InChI=1S/C16H23NO5/c1-16(2,3)22-15(21)17-12(13(18)14(19)20)10-9-11-7-5-4-6-8-11/h4-8,12-13,18H,9-10H2,1-3H3,(H,17,21)(H,19,20). The molecule has 0 saturated heterocycles. The summed E-state index contributed by atoms with van der Waals surface area (Å²) in [5.74, 6) is -1.38. The lowest BCUT2D eigenvalue weighted by Gasteiger charge is -2.25. The number of carboxylic acid groups (broad SMARTS) is 1. The number of rotatable bonds is 6. The second kappa shape index (κ2) is 7.79. The number of ether oxygens (including phenoxy) is 1. The van der Waals surface area contributed by atoms with Crippen molar-refractivity contribution in [2.75, 3.05) is 0 Å². The van der Waals surface area contributed by atoms with Crippen LogP contribution < -0.4 is 5.32 Å². The summed E-state index contributed by atoms with van der Waals surface area (Å²) in [6.45, 7) is 5.12. The Balaban J connectivity index is 2.68. The Hall–Kier alpha value is -2.08. The van der Waals surface area contributed by atoms with Gasteiger partial charge in [-0.25, -0.2) is 9.59 Å². The molecular formula is C16H23NO5. The SMILES string of the molecule is CC(C)(C)OC(=O)NC(CCc1ccccc1)C(O)C(=O)O. The number of hydrogen-bond acceptors (Lipinski definition) is 4. The van der Waals surface area contributed by atoms with Crippen LogP contribution in [0.3, 0.4) is 0 Å². The van der Waals surface area contributed by atoms with Crippen LogP contribution in [0.15, 0.2) is 30.3 Å². The number of alkyl carbamates (subject to hydrolysis) is 1. The van der Waals surface area contributed by atoms with Gasteiger partial charge in [-0.15, -0.1) is 0 Å². The number of benzene rings is 1. The van der Waals surface area contributed by atoms with Gasteiger partial charge in [0.25, 0.3) is 0 Å². The maximum atomic E-state index is 11.8. The highest BCUT2D eigenvalue weighted by atomic mass is 16.6. The third-order valence-corrected chi connectivity index (χ3v) is 2.92. The van der Waals surface area contributed by atoms with Crippen molar-refractivity contribution < 1.29 is 24.5 Å². The number of amides is 1. The van der Waals surface area contributed by atoms with Crippen molar-refractivity contribution in [1.29, 1.82) is 0 Å². The molecule has 0 saturated carbocycles. The fourth-order valence-electron chi connectivity index (χ4n) is 1.91. The third kappa shape index (κ3) is 6.58. The van der Waals surface area contributed by atoms with Crippen molar-refractivity contribution in [2.24, 2.45) is 0 Å². The minimum absolute atomic E-state index is 0.288. The lowest BCUT2D eigenvalue weighted by Crippen LogP contribution is -2.48. The van der Waals surface area contributed by atoms with E-state index in [4.69, 9.17) is 9.84 Å². The summed E-state index contributed by atoms with van der Waals surface area (Å²) in [5, 5.41) is 21.1. The van der Waals surface area contributed by atoms with Gasteiger partial charge in [-0.3, -0.25) is 0 Å². The molecule has 6 heteroatoms. The van der Waals surface area contributed by atoms with E-state index in [9.17, 15) is 14.7 Å². The smallest absolute Gasteiger partial charge is 0.407 e. The van der Waals surface area contributed by atoms with Crippen LogP contribution in [0.1, 0.15) is 32.8 Å². The zero-order valence-corrected chi connectivity index (χ0v) is 13.1. The van der Waals surface area contributed by atoms with Crippen molar-refractivity contribution in [3.63, 3.8) is 0 Å². The quantitative estimate of drug-likeness (QED) is 0.746. The molecule has 0 fully saturated rings. The normalized spacial score (nSPS) is 14.0. The predicted molar refractivity (Wildman–Crippen MR) is 81.6 cm³/mol. The van der Waals surface area contributed by atoms with Crippen molar-refractivity contribution in [3.8, 4) is 0 Å². The zero-order valence-electron chi connectivity index (χ0n) is 13.1. The Kier molecular flexibility index (Phi) is 6.37. The molecule has 0 radical (unpaired) electrons. The lowest BCUT2D eigenvalue weighted by atomic mass is 10.0. The highest BCUT2D eigenvalue weighted by molar-refractivity contribution is 5.75. The van der Waals surface area contributed by atoms with Crippen molar-refractivity contribution in [2.45, 2.75) is 51.4 Å². The summed E-state index contributed by atoms with van der Waals surface area (Å²) in [6, 6.07) is 8.51. The summed E-state index contributed by atoms with van der Waals surface area (Å²) < 4.78 is 5.10. The van der Waals surface area contributed by atoms with Crippen molar-refractivity contribution in [3.05, 3.63) is 35.9 Å². The second-order valence-corrected chi connectivity index (χ2v) is 6.06. The maximum absolute atomic E-state index is 11.8. The van der Waals surface area contributed by atoms with E-state index in [1.807, 2.05) is 30.3 Å². The molecular weight excluding hydrogens is 286 g/mol. The summed E-state index contributed by atoms with van der Waals surface area (Å²) in [4.78, 5) is 22.7. The van der Waals surface area contributed by atoms with Gasteiger partial charge in [0.2, 0.25) is 0 Å². The van der Waals surface area contributed by atoms with Gasteiger partial charge in [-0.05, 0) is 39.2 Å². The molecule has 22 heavy (non-hydrogen) atoms. The third-order valence-electron chi connectivity index (χ3n) is 2.92. The molecule has 0 spiro atoms. The van der Waals surface area contributed by atoms with E-state index >= 15 is 0 Å². The molecule has 1 aromatic rings. The number of aliphatic hydroxyl groups excluding tert-OH is 1. The predicted octanol–water partition coefficient (Wildman–Crippen LogP) is 1.96. The van der Waals surface area contributed by atoms with E-state index in [2.05, 4.69) is 5.32 Å². The van der Waals surface area contributed by atoms with Crippen LogP contribution in [-0.2, 0) is 16.0 Å². The first-order chi connectivity index (χ1) is 10.2. The van der Waals surface area contributed by atoms with Crippen molar-refractivity contribution >= 4 is 12.1 Å². The number of hydrogen-bond donors (Lipinski definition) is 3. The first kappa shape index (κ1) is 18.0. The van der Waals surface area contributed by atoms with Crippen molar-refractivity contribution in [1.82, 2.24) is 5.32 Å². The van der Waals surface area contributed by atoms with E-state index < -0.39 is 29.8 Å². The Morgan fingerprint density at radius 2 is 1.82 bits per heavy atom. The lowest BCUT2D eigenvalue weighted by molar-refractivity contribution is -0.148. The van der Waals surface area contributed by atoms with E-state index in [-0.39, 0.29) is 6.42 Å². The minimum Gasteiger partial charge on any atom is -0.479 e. The molecule has 2 unspecified atom stereocenters. The molecule has 3 N–H and O–H groups in total. The van der Waals surface area contributed by atoms with E-state index in [1.54, 1.807) is 20.8 Å². The molecule has 6 nitrogen and oxygen atoms in total. The van der Waals surface area contributed by atoms with Gasteiger partial charge in [-0.2, -0.15) is 0 Å². The fourth-order valence-corrected chi connectivity index (χ4v) is 1.91. The number of aliphatic hydroxyl groups is 1. The van der Waals surface area contributed by atoms with Crippen LogP contribution in [0.4, 0.5) is 4.79 Å². The Labute approximate surface area is 130 Å². The topological polar surface area (TPSA) is 95.9 Å². The molecule has 2 atom stereocenters. The summed E-state index contributed by atoms with van der Waals surface area (Å²) in [5.41, 5.74) is 0.304. The van der Waals surface area contributed by atoms with Crippen LogP contribution in [-0.4, -0.2) is 40.0 Å². The molecule has 122 valence electrons. The molecule has 0 heterocycles. The Bertz CT molecular complexity index is 495. The summed E-state index contributed by atoms with van der Waals surface area (Å²) in [7, 11) is 0. The summed E-state index contributed by atoms with van der Waals surface area (Å²) in [6.07, 6.45) is -1.61. The molecule has 1 amide bonds. The molecule has 0 bridgehead atoms. The number of carbonyl (C=O) groups excluding carboxylic acids is 1. The number of carbonyl (C=O) groups is 2. The van der Waals surface area contributed by atoms with Gasteiger partial charge < -0.3 is 20.3 Å². The highest BCUT2D eigenvalue weighted by Crippen LogP contribution is 2.11. The highest BCUT2D eigenvalue weighted by Gasteiger charge is 2.28. The number of carboxylic acids is 1. The fraction of sp³-hybridized carbons (Fsp3) is 0.500. The van der Waals surface area contributed by atoms with Gasteiger partial charge in [0.05, 0.1) is 6.04 Å². The average Bonchev–Trinajstić information content (AvgIpc) is 2.41. The maximum Gasteiger partial charge on any atom is 0.407 e. The van der Waals surface area contributed by atoms with Gasteiger partial charge in [0.15, 0.2) is 6.10 Å². The largest absolute Gasteiger partial charge is 0.479 e. The van der Waals surface area contributed by atoms with E-state index in [0.717, 1.165) is 5.56 Å². The molecule has 0 aliphatic rings. The zero-order chi connectivity index (χ0) is 16.8. The van der Waals surface area contributed by atoms with Gasteiger partial charge >= 0.3 is 12.1 Å². The van der Waals surface area contributed by atoms with E-state index in [0.29, 0.717) is 6.42 Å². The molecule has 1 aromatic carbocycles. The minimum atomic E-state index is -1.68. The van der Waals surface area contributed by atoms with Gasteiger partial charge in [-0.1, -0.05) is 30.3 Å². The average molecular weight is 309 g/mol. The van der Waals surface area contributed by atoms with Gasteiger partial charge in [0, 0.05) is 0 Å². The Morgan fingerprint density at radius 1 is 1.23 bits per heavy atom. The first-order valence-corrected chi connectivity index (χ1v) is 7.13. The van der Waals surface area contributed by atoms with Crippen LogP contribution in [0.5, 0.6) is 0 Å². The first-order valence-electron chi connectivity index (χ1n) is 7.13. The number of aliphatic carboxylic acids is 1. The molecule has 1 rings (SSSR count). The van der Waals surface area contributed by atoms with Crippen LogP contribution in [0.2, 0.25) is 0 Å². The summed E-state index contributed by atoms with van der Waals surface area (Å²) >= 11 is 0. The molecule has 0 aromatic heterocycles. The molecule has 0 aliphatic carbocycles. The number of aryl methyl sites for hydroxylation is 1. The van der Waals surface area contributed by atoms with E-state index in [1.165, 1.54) is 0 Å². The number of nitrogens with one attached hydrogen (secondary N) is 1. The van der Waals surface area contributed by atoms with Crippen LogP contribution >= 0.6 is 0 Å². The van der Waals surface area contributed by atoms with Crippen LogP contribution in [0, 0.1) is 0 Å². The molecule has 0 aliphatic heterocycles. The Morgan fingerprint density at radius 3 is 2.32 bits per heavy atom. The van der Waals surface area contributed by atoms with Gasteiger partial charge in [0.1, 0.15) is 5.60 Å². The van der Waals surface area contributed by atoms with Crippen LogP contribution in [0.25, 0.3) is 0 Å². The second-order valence-electron chi connectivity index (χ2n) is 6.06. The monoisotopic (exact) mass is 309 g/mol.